The summed E-state index contributed by atoms with van der Waals surface area (Å²) in [5.41, 5.74) is 1.64. The Morgan fingerprint density at radius 2 is 1.92 bits per heavy atom. The van der Waals surface area contributed by atoms with Gasteiger partial charge in [-0.25, -0.2) is 0 Å². The summed E-state index contributed by atoms with van der Waals surface area (Å²) < 4.78 is 0. The van der Waals surface area contributed by atoms with Gasteiger partial charge in [0.2, 0.25) is 0 Å². The van der Waals surface area contributed by atoms with Gasteiger partial charge in [-0.05, 0) is 42.4 Å². The molecule has 0 nitrogen and oxygen atoms in total. The van der Waals surface area contributed by atoms with Crippen molar-refractivity contribution >= 4 is 0 Å². The van der Waals surface area contributed by atoms with E-state index in [0.29, 0.717) is 0 Å². The first-order valence-electron chi connectivity index (χ1n) is 5.71. The van der Waals surface area contributed by atoms with Crippen LogP contribution in [0.2, 0.25) is 0 Å². The van der Waals surface area contributed by atoms with Gasteiger partial charge in [0.25, 0.3) is 0 Å². The van der Waals surface area contributed by atoms with Crippen molar-refractivity contribution in [1.29, 1.82) is 0 Å². The molecule has 2 atom stereocenters. The summed E-state index contributed by atoms with van der Waals surface area (Å²) in [5.74, 6) is 1.11. The van der Waals surface area contributed by atoms with Crippen LogP contribution in [0.25, 0.3) is 0 Å². The standard InChI is InChI=1S/C12H22/c1-4-6-7-10-11(3,5-2)12(10)8-9-12/h10H,4-9H2,1-3H3. The van der Waals surface area contributed by atoms with Crippen molar-refractivity contribution < 1.29 is 0 Å². The molecule has 2 rings (SSSR count). The van der Waals surface area contributed by atoms with Crippen LogP contribution in [0, 0.1) is 16.7 Å². The van der Waals surface area contributed by atoms with Crippen LogP contribution in [0.5, 0.6) is 0 Å². The molecule has 2 aliphatic rings. The van der Waals surface area contributed by atoms with Gasteiger partial charge in [-0.1, -0.05) is 33.6 Å². The highest BCUT2D eigenvalue weighted by molar-refractivity contribution is 5.25. The molecular formula is C12H22. The number of hydrogen-bond acceptors (Lipinski definition) is 0. The van der Waals surface area contributed by atoms with Gasteiger partial charge in [0.1, 0.15) is 0 Å². The third-order valence-electron chi connectivity index (χ3n) is 4.86. The Balaban J connectivity index is 1.92. The van der Waals surface area contributed by atoms with Crippen LogP contribution in [-0.2, 0) is 0 Å². The summed E-state index contributed by atoms with van der Waals surface area (Å²) in [6, 6.07) is 0. The fraction of sp³-hybridized carbons (Fsp3) is 1.00. The van der Waals surface area contributed by atoms with Gasteiger partial charge in [-0.3, -0.25) is 0 Å². The smallest absolute Gasteiger partial charge is 0.0207 e. The summed E-state index contributed by atoms with van der Waals surface area (Å²) in [4.78, 5) is 0. The molecule has 0 bridgehead atoms. The molecule has 2 aliphatic carbocycles. The number of unbranched alkanes of at least 4 members (excludes halogenated alkanes) is 1. The van der Waals surface area contributed by atoms with E-state index in [2.05, 4.69) is 20.8 Å². The minimum absolute atomic E-state index is 0.766. The first-order valence-corrected chi connectivity index (χ1v) is 5.71. The van der Waals surface area contributed by atoms with E-state index in [1.54, 1.807) is 12.8 Å². The summed E-state index contributed by atoms with van der Waals surface area (Å²) in [7, 11) is 0. The quantitative estimate of drug-likeness (QED) is 0.592. The minimum Gasteiger partial charge on any atom is -0.0654 e. The van der Waals surface area contributed by atoms with Crippen LogP contribution in [0.1, 0.15) is 59.3 Å². The molecule has 0 saturated heterocycles. The maximum atomic E-state index is 2.53. The summed E-state index contributed by atoms with van der Waals surface area (Å²) in [6.45, 7) is 7.22. The Morgan fingerprint density at radius 1 is 1.25 bits per heavy atom. The molecule has 12 heavy (non-hydrogen) atoms. The van der Waals surface area contributed by atoms with Crippen LogP contribution in [0.3, 0.4) is 0 Å². The fourth-order valence-corrected chi connectivity index (χ4v) is 3.61. The molecule has 0 aliphatic heterocycles. The minimum atomic E-state index is 0.766. The second-order valence-electron chi connectivity index (χ2n) is 5.12. The third-order valence-corrected chi connectivity index (χ3v) is 4.86. The van der Waals surface area contributed by atoms with Gasteiger partial charge in [0.15, 0.2) is 0 Å². The normalized spacial score (nSPS) is 41.8. The molecule has 0 heteroatoms. The first-order chi connectivity index (χ1) is 5.71. The maximum absolute atomic E-state index is 2.53. The second-order valence-corrected chi connectivity index (χ2v) is 5.12. The van der Waals surface area contributed by atoms with Crippen LogP contribution in [-0.4, -0.2) is 0 Å². The molecule has 0 heterocycles. The molecule has 1 spiro atoms. The molecule has 0 amide bonds. The van der Waals surface area contributed by atoms with Crippen LogP contribution < -0.4 is 0 Å². The van der Waals surface area contributed by atoms with E-state index in [1.165, 1.54) is 25.7 Å². The van der Waals surface area contributed by atoms with Crippen molar-refractivity contribution in [1.82, 2.24) is 0 Å². The topological polar surface area (TPSA) is 0 Å². The first kappa shape index (κ1) is 8.59. The van der Waals surface area contributed by atoms with E-state index in [9.17, 15) is 0 Å². The lowest BCUT2D eigenvalue weighted by Crippen LogP contribution is -1.96. The third kappa shape index (κ3) is 0.843. The van der Waals surface area contributed by atoms with E-state index in [0.717, 1.165) is 16.7 Å². The molecule has 0 aromatic rings. The highest BCUT2D eigenvalue weighted by Gasteiger charge is 2.77. The molecule has 0 aromatic carbocycles. The van der Waals surface area contributed by atoms with Crippen molar-refractivity contribution in [3.8, 4) is 0 Å². The van der Waals surface area contributed by atoms with Crippen molar-refractivity contribution in [2.75, 3.05) is 0 Å². The molecule has 0 N–H and O–H groups in total. The van der Waals surface area contributed by atoms with Crippen molar-refractivity contribution in [3.63, 3.8) is 0 Å². The highest BCUT2D eigenvalue weighted by Crippen LogP contribution is 2.84. The van der Waals surface area contributed by atoms with Gasteiger partial charge < -0.3 is 0 Å². The predicted molar refractivity (Wildman–Crippen MR) is 53.1 cm³/mol. The molecular weight excluding hydrogens is 144 g/mol. The largest absolute Gasteiger partial charge is 0.0654 e. The van der Waals surface area contributed by atoms with E-state index >= 15 is 0 Å². The number of rotatable bonds is 4. The van der Waals surface area contributed by atoms with Gasteiger partial charge >= 0.3 is 0 Å². The molecule has 0 aromatic heterocycles. The second kappa shape index (κ2) is 2.49. The van der Waals surface area contributed by atoms with E-state index < -0.39 is 0 Å². The van der Waals surface area contributed by atoms with Crippen LogP contribution in [0.15, 0.2) is 0 Å². The summed E-state index contributed by atoms with van der Waals surface area (Å²) in [5, 5.41) is 0. The van der Waals surface area contributed by atoms with Gasteiger partial charge in [-0.2, -0.15) is 0 Å². The van der Waals surface area contributed by atoms with Crippen molar-refractivity contribution in [3.05, 3.63) is 0 Å². The van der Waals surface area contributed by atoms with Gasteiger partial charge in [0.05, 0.1) is 0 Å². The Morgan fingerprint density at radius 3 is 2.25 bits per heavy atom. The molecule has 2 unspecified atom stereocenters. The van der Waals surface area contributed by atoms with Crippen LogP contribution in [0.4, 0.5) is 0 Å². The monoisotopic (exact) mass is 166 g/mol. The fourth-order valence-electron chi connectivity index (χ4n) is 3.61. The Bertz CT molecular complexity index is 178. The predicted octanol–water partition coefficient (Wildman–Crippen LogP) is 4.00. The zero-order chi connectivity index (χ0) is 8.82. The van der Waals surface area contributed by atoms with Crippen molar-refractivity contribution in [2.45, 2.75) is 59.3 Å². The average molecular weight is 166 g/mol. The average Bonchev–Trinajstić information content (AvgIpc) is 2.93. The molecule has 0 radical (unpaired) electrons. The molecule has 2 saturated carbocycles. The Hall–Kier alpha value is 0. The SMILES string of the molecule is CCCCC1C(C)(CC)C12CC2. The highest BCUT2D eigenvalue weighted by atomic mass is 14.8. The maximum Gasteiger partial charge on any atom is -0.0207 e. The zero-order valence-corrected chi connectivity index (χ0v) is 8.82. The summed E-state index contributed by atoms with van der Waals surface area (Å²) in [6.07, 6.45) is 8.87. The number of hydrogen-bond donors (Lipinski definition) is 0. The molecule has 2 fully saturated rings. The van der Waals surface area contributed by atoms with E-state index in [1.807, 2.05) is 0 Å². The van der Waals surface area contributed by atoms with Crippen LogP contribution >= 0.6 is 0 Å². The summed E-state index contributed by atoms with van der Waals surface area (Å²) >= 11 is 0. The van der Waals surface area contributed by atoms with Gasteiger partial charge in [-0.15, -0.1) is 0 Å². The van der Waals surface area contributed by atoms with E-state index in [-0.39, 0.29) is 0 Å². The Labute approximate surface area is 76.7 Å². The van der Waals surface area contributed by atoms with Crippen molar-refractivity contribution in [2.24, 2.45) is 16.7 Å². The van der Waals surface area contributed by atoms with Gasteiger partial charge in [0, 0.05) is 0 Å². The lowest BCUT2D eigenvalue weighted by molar-refractivity contribution is 0.442. The lowest BCUT2D eigenvalue weighted by Gasteiger charge is -2.06. The lowest BCUT2D eigenvalue weighted by atomic mass is 9.99. The Kier molecular flexibility index (Phi) is 1.79. The molecule has 70 valence electrons. The zero-order valence-electron chi connectivity index (χ0n) is 8.82. The van der Waals surface area contributed by atoms with E-state index in [4.69, 9.17) is 0 Å².